The van der Waals surface area contributed by atoms with E-state index in [-0.39, 0.29) is 28.5 Å². The SMILES string of the molecule is CC1(C)C(c2ccc(C(=O)O)cc2)=CC[C@]2(C)CN(C(=O)c3ccccc3[C@H]3Nc4ccccc4N3c3ccccc3)CC=C12. The Morgan fingerprint density at radius 2 is 1.51 bits per heavy atom. The number of amides is 1. The number of para-hydroxylation sites is 3. The number of benzene rings is 4. The molecule has 0 saturated carbocycles. The highest BCUT2D eigenvalue weighted by molar-refractivity contribution is 5.97. The maximum Gasteiger partial charge on any atom is 0.335 e. The van der Waals surface area contributed by atoms with Gasteiger partial charge in [-0.25, -0.2) is 4.79 Å². The molecule has 6 heteroatoms. The number of nitrogens with one attached hydrogen (secondary N) is 1. The van der Waals surface area contributed by atoms with Gasteiger partial charge in [-0.15, -0.1) is 0 Å². The van der Waals surface area contributed by atoms with Gasteiger partial charge in [-0.1, -0.05) is 99.2 Å². The van der Waals surface area contributed by atoms with Crippen LogP contribution < -0.4 is 10.2 Å². The Bertz CT molecular complexity index is 1860. The van der Waals surface area contributed by atoms with E-state index in [1.165, 1.54) is 11.1 Å². The second kappa shape index (κ2) is 10.8. The van der Waals surface area contributed by atoms with Gasteiger partial charge in [-0.05, 0) is 60.0 Å². The third-order valence-corrected chi connectivity index (χ3v) is 9.77. The molecule has 0 bridgehead atoms. The van der Waals surface area contributed by atoms with Gasteiger partial charge in [0.1, 0.15) is 6.17 Å². The minimum Gasteiger partial charge on any atom is -0.478 e. The third-order valence-electron chi connectivity index (χ3n) is 9.77. The predicted molar refractivity (Wildman–Crippen MR) is 180 cm³/mol. The molecule has 0 aromatic heterocycles. The number of anilines is 3. The molecule has 4 aromatic carbocycles. The maximum absolute atomic E-state index is 14.4. The number of carboxylic acids is 1. The van der Waals surface area contributed by atoms with Gasteiger partial charge in [0.15, 0.2) is 0 Å². The molecule has 45 heavy (non-hydrogen) atoms. The van der Waals surface area contributed by atoms with E-state index in [1.54, 1.807) is 12.1 Å². The molecule has 2 atom stereocenters. The number of carbonyl (C=O) groups is 2. The van der Waals surface area contributed by atoms with Crippen LogP contribution in [0.3, 0.4) is 0 Å². The van der Waals surface area contributed by atoms with Crippen LogP contribution in [0.15, 0.2) is 121 Å². The Hall–Kier alpha value is -5.10. The van der Waals surface area contributed by atoms with Crippen LogP contribution in [0.1, 0.15) is 65.2 Å². The molecule has 0 radical (unpaired) electrons. The van der Waals surface area contributed by atoms with Crippen molar-refractivity contribution in [3.8, 4) is 0 Å². The van der Waals surface area contributed by atoms with Gasteiger partial charge < -0.3 is 20.2 Å². The molecular weight excluding hydrogens is 558 g/mol. The molecule has 226 valence electrons. The number of allylic oxidation sites excluding steroid dienone is 2. The summed E-state index contributed by atoms with van der Waals surface area (Å²) in [5, 5.41) is 13.0. The second-order valence-corrected chi connectivity index (χ2v) is 13.1. The van der Waals surface area contributed by atoms with E-state index in [9.17, 15) is 14.7 Å². The first-order valence-corrected chi connectivity index (χ1v) is 15.5. The summed E-state index contributed by atoms with van der Waals surface area (Å²) in [7, 11) is 0. The highest BCUT2D eigenvalue weighted by Crippen LogP contribution is 2.55. The highest BCUT2D eigenvalue weighted by Gasteiger charge is 2.47. The summed E-state index contributed by atoms with van der Waals surface area (Å²) in [5.74, 6) is -0.891. The minimum atomic E-state index is -0.923. The molecule has 1 aliphatic carbocycles. The van der Waals surface area contributed by atoms with Crippen molar-refractivity contribution in [2.24, 2.45) is 10.8 Å². The topological polar surface area (TPSA) is 72.9 Å². The first kappa shape index (κ1) is 28.7. The average Bonchev–Trinajstić information content (AvgIpc) is 3.44. The molecule has 6 nitrogen and oxygen atoms in total. The summed E-state index contributed by atoms with van der Waals surface area (Å²) in [6, 6.07) is 33.7. The molecule has 4 aromatic rings. The van der Waals surface area contributed by atoms with Crippen LogP contribution in [-0.4, -0.2) is 35.0 Å². The monoisotopic (exact) mass is 595 g/mol. The minimum absolute atomic E-state index is 0.0322. The van der Waals surface area contributed by atoms with Crippen molar-refractivity contribution < 1.29 is 14.7 Å². The van der Waals surface area contributed by atoms with Crippen molar-refractivity contribution in [2.45, 2.75) is 33.4 Å². The van der Waals surface area contributed by atoms with Crippen LogP contribution >= 0.6 is 0 Å². The van der Waals surface area contributed by atoms with E-state index < -0.39 is 5.97 Å². The van der Waals surface area contributed by atoms with Crippen molar-refractivity contribution >= 4 is 34.5 Å². The number of hydrogen-bond donors (Lipinski definition) is 2. The average molecular weight is 596 g/mol. The molecule has 2 N–H and O–H groups in total. The first-order chi connectivity index (χ1) is 21.7. The zero-order chi connectivity index (χ0) is 31.3. The lowest BCUT2D eigenvalue weighted by Crippen LogP contribution is -2.49. The molecule has 2 aliphatic heterocycles. The molecule has 0 fully saturated rings. The summed E-state index contributed by atoms with van der Waals surface area (Å²) in [6.45, 7) is 7.90. The van der Waals surface area contributed by atoms with Crippen LogP contribution in [0, 0.1) is 10.8 Å². The molecule has 7 rings (SSSR count). The normalized spacial score (nSPS) is 21.6. The van der Waals surface area contributed by atoms with Crippen molar-refractivity contribution in [3.05, 3.63) is 143 Å². The molecule has 0 saturated heterocycles. The number of nitrogens with zero attached hydrogens (tertiary/aromatic N) is 2. The second-order valence-electron chi connectivity index (χ2n) is 13.1. The Kier molecular flexibility index (Phi) is 6.88. The van der Waals surface area contributed by atoms with E-state index in [0.29, 0.717) is 18.7 Å². The number of fused-ring (bicyclic) bond motifs is 2. The first-order valence-electron chi connectivity index (χ1n) is 15.5. The Morgan fingerprint density at radius 3 is 2.27 bits per heavy atom. The molecular formula is C39H37N3O3. The van der Waals surface area contributed by atoms with Gasteiger partial charge in [0.25, 0.3) is 5.91 Å². The predicted octanol–water partition coefficient (Wildman–Crippen LogP) is 8.55. The van der Waals surface area contributed by atoms with Gasteiger partial charge in [0.05, 0.1) is 16.9 Å². The summed E-state index contributed by atoms with van der Waals surface area (Å²) in [6.07, 6.45) is 5.10. The number of rotatable bonds is 5. The van der Waals surface area contributed by atoms with Crippen LogP contribution in [0.25, 0.3) is 5.57 Å². The lowest BCUT2D eigenvalue weighted by Gasteiger charge is -2.50. The van der Waals surface area contributed by atoms with Crippen molar-refractivity contribution in [1.82, 2.24) is 4.90 Å². The number of carboxylic acid groups (broad SMARTS) is 1. The van der Waals surface area contributed by atoms with E-state index in [2.05, 4.69) is 73.5 Å². The van der Waals surface area contributed by atoms with E-state index in [1.807, 2.05) is 65.6 Å². The third kappa shape index (κ3) is 4.81. The largest absolute Gasteiger partial charge is 0.478 e. The summed E-state index contributed by atoms with van der Waals surface area (Å²) < 4.78 is 0. The van der Waals surface area contributed by atoms with Crippen molar-refractivity contribution in [1.29, 1.82) is 0 Å². The lowest BCUT2D eigenvalue weighted by atomic mass is 9.58. The molecule has 3 aliphatic rings. The van der Waals surface area contributed by atoms with Crippen molar-refractivity contribution in [3.63, 3.8) is 0 Å². The van der Waals surface area contributed by atoms with Gasteiger partial charge in [0.2, 0.25) is 0 Å². The van der Waals surface area contributed by atoms with Crippen LogP contribution in [0.4, 0.5) is 17.1 Å². The Morgan fingerprint density at radius 1 is 0.822 bits per heavy atom. The van der Waals surface area contributed by atoms with Crippen molar-refractivity contribution in [2.75, 3.05) is 23.3 Å². The smallest absolute Gasteiger partial charge is 0.335 e. The van der Waals surface area contributed by atoms with E-state index in [0.717, 1.165) is 34.6 Å². The molecule has 0 unspecified atom stereocenters. The van der Waals surface area contributed by atoms with E-state index >= 15 is 0 Å². The van der Waals surface area contributed by atoms with Crippen LogP contribution in [-0.2, 0) is 0 Å². The van der Waals surface area contributed by atoms with Gasteiger partial charge >= 0.3 is 5.97 Å². The fourth-order valence-electron chi connectivity index (χ4n) is 7.71. The molecule has 0 spiro atoms. The zero-order valence-corrected chi connectivity index (χ0v) is 25.8. The summed E-state index contributed by atoms with van der Waals surface area (Å²) >= 11 is 0. The standard InChI is InChI=1S/C39H37N3O3/c1-38(2)31(26-17-19-27(20-18-26)37(44)45)21-23-39(3)25-41(24-22-34(38)39)36(43)30-14-8-7-13-29(30)35-40-32-15-9-10-16-33(32)42(35)28-11-5-4-6-12-28/h4-22,35,40H,23-25H2,1-3H3,(H,44,45)/t35-,39+/m0/s1. The van der Waals surface area contributed by atoms with E-state index in [4.69, 9.17) is 0 Å². The summed E-state index contributed by atoms with van der Waals surface area (Å²) in [4.78, 5) is 30.1. The lowest BCUT2D eigenvalue weighted by molar-refractivity contribution is 0.0677. The highest BCUT2D eigenvalue weighted by atomic mass is 16.4. The molecule has 1 amide bonds. The number of carbonyl (C=O) groups excluding carboxylic acids is 1. The van der Waals surface area contributed by atoms with Crippen LogP contribution in [0.2, 0.25) is 0 Å². The number of hydrogen-bond acceptors (Lipinski definition) is 4. The van der Waals surface area contributed by atoms with Gasteiger partial charge in [-0.3, -0.25) is 4.79 Å². The Labute approximate surface area is 264 Å². The quantitative estimate of drug-likeness (QED) is 0.226. The summed E-state index contributed by atoms with van der Waals surface area (Å²) in [5.41, 5.74) is 8.19. The van der Waals surface area contributed by atoms with Gasteiger partial charge in [0, 0.05) is 40.7 Å². The molecule has 2 heterocycles. The Balaban J connectivity index is 1.19. The fourth-order valence-corrected chi connectivity index (χ4v) is 7.71. The fraction of sp³-hybridized carbons (Fsp3) is 0.231. The zero-order valence-electron chi connectivity index (χ0n) is 25.8. The number of aromatic carboxylic acids is 1. The maximum atomic E-state index is 14.4. The van der Waals surface area contributed by atoms with Gasteiger partial charge in [-0.2, -0.15) is 0 Å². The van der Waals surface area contributed by atoms with Crippen LogP contribution in [0.5, 0.6) is 0 Å².